The Hall–Kier alpha value is -1.63. The Kier molecular flexibility index (Phi) is 5.39. The van der Waals surface area contributed by atoms with Gasteiger partial charge in [0.05, 0.1) is 0 Å². The van der Waals surface area contributed by atoms with Crippen LogP contribution in [-0.2, 0) is 22.5 Å². The highest BCUT2D eigenvalue weighted by Crippen LogP contribution is 2.22. The van der Waals surface area contributed by atoms with E-state index in [1.807, 2.05) is 20.8 Å². The van der Waals surface area contributed by atoms with Crippen molar-refractivity contribution in [1.29, 1.82) is 0 Å². The number of hydrogen-bond acceptors (Lipinski definition) is 6. The number of hydrogen-bond donors (Lipinski definition) is 0. The zero-order valence-electron chi connectivity index (χ0n) is 13.8. The van der Waals surface area contributed by atoms with E-state index in [9.17, 15) is 4.79 Å². The Balaban J connectivity index is 1.70. The Morgan fingerprint density at radius 3 is 2.77 bits per heavy atom. The summed E-state index contributed by atoms with van der Waals surface area (Å²) < 4.78 is 15.9. The van der Waals surface area contributed by atoms with Crippen molar-refractivity contribution in [2.45, 2.75) is 52.7 Å². The first kappa shape index (κ1) is 16.7. The Bertz CT molecular complexity index is 489. The third-order valence-corrected chi connectivity index (χ3v) is 3.16. The number of carbonyl (C=O) groups excluding carboxylic acids is 1. The average Bonchev–Trinajstić information content (AvgIpc) is 2.79. The lowest BCUT2D eigenvalue weighted by Crippen LogP contribution is -2.52. The van der Waals surface area contributed by atoms with Crippen molar-refractivity contribution < 1.29 is 18.8 Å². The maximum atomic E-state index is 11.8. The standard InChI is InChI=1S/C15H25N3O4/c1-5-6-20-10-12-16-13(22-17-12)7-11-8-18(9-11)14(19)21-15(2,3)4/h11H,5-10H2,1-4H3. The van der Waals surface area contributed by atoms with Crippen molar-refractivity contribution in [1.82, 2.24) is 15.0 Å². The molecule has 0 saturated carbocycles. The molecule has 0 aliphatic carbocycles. The number of nitrogens with zero attached hydrogens (tertiary/aromatic N) is 3. The lowest BCUT2D eigenvalue weighted by molar-refractivity contribution is -0.00187. The van der Waals surface area contributed by atoms with Gasteiger partial charge in [-0.1, -0.05) is 12.1 Å². The highest BCUT2D eigenvalue weighted by atomic mass is 16.6. The van der Waals surface area contributed by atoms with E-state index in [-0.39, 0.29) is 6.09 Å². The van der Waals surface area contributed by atoms with Crippen molar-refractivity contribution in [3.63, 3.8) is 0 Å². The molecule has 22 heavy (non-hydrogen) atoms. The summed E-state index contributed by atoms with van der Waals surface area (Å²) in [6.45, 7) is 10.0. The Labute approximate surface area is 131 Å². The van der Waals surface area contributed by atoms with Gasteiger partial charge in [0.15, 0.2) is 5.82 Å². The van der Waals surface area contributed by atoms with Crippen LogP contribution in [0.25, 0.3) is 0 Å². The first-order chi connectivity index (χ1) is 10.4. The topological polar surface area (TPSA) is 77.7 Å². The Morgan fingerprint density at radius 1 is 1.41 bits per heavy atom. The first-order valence-corrected chi connectivity index (χ1v) is 7.74. The normalized spacial score (nSPS) is 15.7. The highest BCUT2D eigenvalue weighted by molar-refractivity contribution is 5.69. The molecule has 1 aliphatic rings. The summed E-state index contributed by atoms with van der Waals surface area (Å²) >= 11 is 0. The summed E-state index contributed by atoms with van der Waals surface area (Å²) in [5.41, 5.74) is -0.456. The molecule has 1 amide bonds. The number of carbonyl (C=O) groups is 1. The van der Waals surface area contributed by atoms with E-state index in [0.29, 0.717) is 50.4 Å². The summed E-state index contributed by atoms with van der Waals surface area (Å²) in [5.74, 6) is 1.52. The second-order valence-electron chi connectivity index (χ2n) is 6.61. The predicted molar refractivity (Wildman–Crippen MR) is 79.2 cm³/mol. The van der Waals surface area contributed by atoms with Gasteiger partial charge in [-0.05, 0) is 27.2 Å². The van der Waals surface area contributed by atoms with Crippen molar-refractivity contribution in [3.8, 4) is 0 Å². The van der Waals surface area contributed by atoms with E-state index in [1.54, 1.807) is 4.90 Å². The molecule has 7 heteroatoms. The van der Waals surface area contributed by atoms with Crippen LogP contribution in [0.3, 0.4) is 0 Å². The van der Waals surface area contributed by atoms with E-state index in [1.165, 1.54) is 0 Å². The van der Waals surface area contributed by atoms with Gasteiger partial charge in [-0.3, -0.25) is 0 Å². The molecule has 0 N–H and O–H groups in total. The van der Waals surface area contributed by atoms with Crippen molar-refractivity contribution in [3.05, 3.63) is 11.7 Å². The molecule has 7 nitrogen and oxygen atoms in total. The fraction of sp³-hybridized carbons (Fsp3) is 0.800. The molecule has 2 rings (SSSR count). The monoisotopic (exact) mass is 311 g/mol. The average molecular weight is 311 g/mol. The fourth-order valence-electron chi connectivity index (χ4n) is 2.16. The van der Waals surface area contributed by atoms with Crippen LogP contribution in [0.2, 0.25) is 0 Å². The molecule has 124 valence electrons. The number of amides is 1. The van der Waals surface area contributed by atoms with Crippen molar-refractivity contribution in [2.24, 2.45) is 5.92 Å². The van der Waals surface area contributed by atoms with Crippen LogP contribution in [0.1, 0.15) is 45.8 Å². The van der Waals surface area contributed by atoms with E-state index < -0.39 is 5.60 Å². The minimum absolute atomic E-state index is 0.261. The maximum Gasteiger partial charge on any atom is 0.410 e. The van der Waals surface area contributed by atoms with Gasteiger partial charge in [0, 0.05) is 32.0 Å². The molecule has 1 aromatic rings. The molecule has 0 aromatic carbocycles. The van der Waals surface area contributed by atoms with Gasteiger partial charge in [0.2, 0.25) is 5.89 Å². The van der Waals surface area contributed by atoms with E-state index in [2.05, 4.69) is 17.1 Å². The van der Waals surface area contributed by atoms with Crippen LogP contribution < -0.4 is 0 Å². The second kappa shape index (κ2) is 7.09. The van der Waals surface area contributed by atoms with Crippen LogP contribution in [0.4, 0.5) is 4.79 Å². The maximum absolute atomic E-state index is 11.8. The number of aromatic nitrogens is 2. The zero-order valence-corrected chi connectivity index (χ0v) is 13.8. The number of ether oxygens (including phenoxy) is 2. The van der Waals surface area contributed by atoms with Gasteiger partial charge in [-0.15, -0.1) is 0 Å². The minimum atomic E-state index is -0.456. The quantitative estimate of drug-likeness (QED) is 0.751. The summed E-state index contributed by atoms with van der Waals surface area (Å²) in [7, 11) is 0. The van der Waals surface area contributed by atoms with Gasteiger partial charge in [-0.2, -0.15) is 4.98 Å². The first-order valence-electron chi connectivity index (χ1n) is 7.74. The molecular formula is C15H25N3O4. The summed E-state index contributed by atoms with van der Waals surface area (Å²) in [6.07, 6.45) is 1.39. The van der Waals surface area contributed by atoms with Gasteiger partial charge in [0.25, 0.3) is 0 Å². The van der Waals surface area contributed by atoms with Crippen LogP contribution >= 0.6 is 0 Å². The molecule has 0 spiro atoms. The summed E-state index contributed by atoms with van der Waals surface area (Å²) in [5, 5.41) is 3.89. The SMILES string of the molecule is CCCOCc1noc(CC2CN(C(=O)OC(C)(C)C)C2)n1. The zero-order chi connectivity index (χ0) is 16.2. The summed E-state index contributed by atoms with van der Waals surface area (Å²) in [4.78, 5) is 17.8. The van der Waals surface area contributed by atoms with Crippen LogP contribution in [0.15, 0.2) is 4.52 Å². The third-order valence-electron chi connectivity index (χ3n) is 3.16. The number of rotatable bonds is 6. The second-order valence-corrected chi connectivity index (χ2v) is 6.61. The van der Waals surface area contributed by atoms with E-state index in [4.69, 9.17) is 14.0 Å². The lowest BCUT2D eigenvalue weighted by atomic mass is 9.97. The molecule has 1 saturated heterocycles. The largest absolute Gasteiger partial charge is 0.444 e. The van der Waals surface area contributed by atoms with Gasteiger partial charge in [0.1, 0.15) is 12.2 Å². The van der Waals surface area contributed by atoms with Crippen molar-refractivity contribution in [2.75, 3.05) is 19.7 Å². The summed E-state index contributed by atoms with van der Waals surface area (Å²) in [6, 6.07) is 0. The molecule has 0 unspecified atom stereocenters. The van der Waals surface area contributed by atoms with E-state index >= 15 is 0 Å². The predicted octanol–water partition coefficient (Wildman–Crippen LogP) is 2.41. The van der Waals surface area contributed by atoms with Crippen molar-refractivity contribution >= 4 is 6.09 Å². The van der Waals surface area contributed by atoms with E-state index in [0.717, 1.165) is 6.42 Å². The van der Waals surface area contributed by atoms with Crippen LogP contribution in [0, 0.1) is 5.92 Å². The molecule has 1 fully saturated rings. The molecule has 0 bridgehead atoms. The number of likely N-dealkylation sites (tertiary alicyclic amines) is 1. The van der Waals surface area contributed by atoms with Crippen LogP contribution in [-0.4, -0.2) is 46.4 Å². The molecule has 2 heterocycles. The molecule has 0 radical (unpaired) electrons. The third kappa shape index (κ3) is 4.98. The fourth-order valence-corrected chi connectivity index (χ4v) is 2.16. The molecule has 1 aliphatic heterocycles. The van der Waals surface area contributed by atoms with Gasteiger partial charge < -0.3 is 18.9 Å². The lowest BCUT2D eigenvalue weighted by Gasteiger charge is -2.39. The molecule has 1 aromatic heterocycles. The smallest absolute Gasteiger partial charge is 0.410 e. The molecule has 0 atom stereocenters. The van der Waals surface area contributed by atoms with Gasteiger partial charge in [-0.25, -0.2) is 4.79 Å². The van der Waals surface area contributed by atoms with Crippen LogP contribution in [0.5, 0.6) is 0 Å². The minimum Gasteiger partial charge on any atom is -0.444 e. The Morgan fingerprint density at radius 2 is 2.14 bits per heavy atom. The van der Waals surface area contributed by atoms with Gasteiger partial charge >= 0.3 is 6.09 Å². The molecular weight excluding hydrogens is 286 g/mol. The highest BCUT2D eigenvalue weighted by Gasteiger charge is 2.34.